The van der Waals surface area contributed by atoms with E-state index in [1.165, 1.54) is 0 Å². The first-order valence-electron chi connectivity index (χ1n) is 2.47. The van der Waals surface area contributed by atoms with Gasteiger partial charge in [0.1, 0.15) is 5.76 Å². The van der Waals surface area contributed by atoms with Gasteiger partial charge < -0.3 is 5.11 Å². The van der Waals surface area contributed by atoms with Gasteiger partial charge >= 0.3 is 0 Å². The van der Waals surface area contributed by atoms with Crippen LogP contribution in [0.5, 0.6) is 0 Å². The highest BCUT2D eigenvalue weighted by atomic mass is 16.3. The Hall–Kier alpha value is -0.915. The molecule has 1 N–H and O–H groups in total. The van der Waals surface area contributed by atoms with Gasteiger partial charge in [0, 0.05) is 0 Å². The molecule has 1 aliphatic heterocycles. The Labute approximate surface area is 49.3 Å². The molecule has 0 spiro atoms. The molecule has 0 aromatic carbocycles. The summed E-state index contributed by atoms with van der Waals surface area (Å²) in [5, 5.41) is 8.79. The van der Waals surface area contributed by atoms with Crippen LogP contribution >= 0.6 is 0 Å². The lowest BCUT2D eigenvalue weighted by Crippen LogP contribution is -1.72. The molecule has 0 aromatic rings. The molecule has 0 atom stereocenters. The van der Waals surface area contributed by atoms with Gasteiger partial charge in [-0.15, -0.1) is 12.0 Å². The van der Waals surface area contributed by atoms with E-state index in [4.69, 9.17) is 5.11 Å². The molecule has 1 heterocycles. The van der Waals surface area contributed by atoms with Crippen LogP contribution in [0.3, 0.4) is 0 Å². The minimum Gasteiger partial charge on any atom is -0.508 e. The van der Waals surface area contributed by atoms with Gasteiger partial charge in [0.05, 0.1) is 0 Å². The van der Waals surface area contributed by atoms with Gasteiger partial charge in [-0.1, -0.05) is 6.08 Å². The van der Waals surface area contributed by atoms with Gasteiger partial charge in [-0.3, -0.25) is 0 Å². The largest absolute Gasteiger partial charge is 0.508 e. The summed E-state index contributed by atoms with van der Waals surface area (Å²) in [4.78, 5) is 0. The van der Waals surface area contributed by atoms with Gasteiger partial charge in [0.15, 0.2) is 7.28 Å². The molecule has 0 unspecified atom stereocenters. The van der Waals surface area contributed by atoms with Crippen LogP contribution in [0.4, 0.5) is 0 Å². The average molecular weight is 105 g/mol. The zero-order valence-corrected chi connectivity index (χ0v) is 4.41. The van der Waals surface area contributed by atoms with Crippen LogP contribution < -0.4 is 0 Å². The molecule has 1 radical (unpaired) electrons. The van der Waals surface area contributed by atoms with Crippen molar-refractivity contribution in [2.45, 2.75) is 0 Å². The number of rotatable bonds is 0. The minimum atomic E-state index is 0.301. The molecule has 0 amide bonds. The summed E-state index contributed by atoms with van der Waals surface area (Å²) >= 11 is 0. The summed E-state index contributed by atoms with van der Waals surface area (Å²) in [5.41, 5.74) is 0. The third-order valence-electron chi connectivity index (χ3n) is 0.867. The zero-order chi connectivity index (χ0) is 5.82. The van der Waals surface area contributed by atoms with E-state index in [1.807, 2.05) is 13.3 Å². The van der Waals surface area contributed by atoms with Gasteiger partial charge in [-0.25, -0.2) is 0 Å². The molecule has 2 heteroatoms. The van der Waals surface area contributed by atoms with Crippen molar-refractivity contribution >= 4 is 7.28 Å². The third kappa shape index (κ3) is 1.30. The highest BCUT2D eigenvalue weighted by Gasteiger charge is 1.84. The lowest BCUT2D eigenvalue weighted by atomic mass is 9.79. The number of aliphatic hydroxyl groups excluding tert-OH is 1. The predicted octanol–water partition coefficient (Wildman–Crippen LogP) is 1.17. The fourth-order valence-corrected chi connectivity index (χ4v) is 0.492. The van der Waals surface area contributed by atoms with E-state index in [0.717, 1.165) is 0 Å². The number of hydrogen-bond donors (Lipinski definition) is 1. The van der Waals surface area contributed by atoms with Crippen molar-refractivity contribution in [1.29, 1.82) is 0 Å². The second-order valence-corrected chi connectivity index (χ2v) is 1.53. The lowest BCUT2D eigenvalue weighted by molar-refractivity contribution is 0.433. The molecular formula is C6H6BO. The second-order valence-electron chi connectivity index (χ2n) is 1.53. The van der Waals surface area contributed by atoms with E-state index in [9.17, 15) is 0 Å². The maximum atomic E-state index is 8.79. The van der Waals surface area contributed by atoms with Crippen molar-refractivity contribution in [3.63, 3.8) is 0 Å². The molecule has 8 heavy (non-hydrogen) atoms. The summed E-state index contributed by atoms with van der Waals surface area (Å²) in [6.45, 7) is 0. The smallest absolute Gasteiger partial charge is 0.171 e. The SMILES string of the molecule is OC1=CC=C[B]C=C1. The van der Waals surface area contributed by atoms with Crippen molar-refractivity contribution < 1.29 is 5.11 Å². The number of allylic oxidation sites excluding steroid dienone is 3. The molecule has 0 fully saturated rings. The van der Waals surface area contributed by atoms with Gasteiger partial charge in [0.25, 0.3) is 0 Å². The predicted molar refractivity (Wildman–Crippen MR) is 34.7 cm³/mol. The van der Waals surface area contributed by atoms with E-state index in [2.05, 4.69) is 0 Å². The average Bonchev–Trinajstić information content (AvgIpc) is 1.94. The summed E-state index contributed by atoms with van der Waals surface area (Å²) < 4.78 is 0. The summed E-state index contributed by atoms with van der Waals surface area (Å²) in [7, 11) is 1.86. The van der Waals surface area contributed by atoms with Crippen LogP contribution in [0.2, 0.25) is 0 Å². The minimum absolute atomic E-state index is 0.301. The highest BCUT2D eigenvalue weighted by molar-refractivity contribution is 6.48. The highest BCUT2D eigenvalue weighted by Crippen LogP contribution is 1.94. The Bertz CT molecular complexity index is 156. The van der Waals surface area contributed by atoms with E-state index in [1.54, 1.807) is 24.2 Å². The van der Waals surface area contributed by atoms with Crippen molar-refractivity contribution in [2.75, 3.05) is 0 Å². The standard InChI is InChI=1S/C6H6BO/c8-6-2-1-4-7-5-3-6/h1-5,8H. The van der Waals surface area contributed by atoms with Crippen LogP contribution in [0.1, 0.15) is 0 Å². The summed E-state index contributed by atoms with van der Waals surface area (Å²) in [5.74, 6) is 3.95. The normalized spacial score (nSPS) is 16.8. The van der Waals surface area contributed by atoms with Crippen LogP contribution in [-0.4, -0.2) is 12.4 Å². The molecule has 0 saturated heterocycles. The number of hydrogen-bond acceptors (Lipinski definition) is 1. The molecule has 1 nitrogen and oxygen atoms in total. The molecular weight excluding hydrogens is 98.9 g/mol. The second kappa shape index (κ2) is 2.41. The maximum absolute atomic E-state index is 8.79. The number of aliphatic hydroxyl groups is 1. The fraction of sp³-hybridized carbons (Fsp3) is 0. The molecule has 0 saturated carbocycles. The zero-order valence-electron chi connectivity index (χ0n) is 4.41. The molecule has 1 aliphatic rings. The van der Waals surface area contributed by atoms with E-state index in [-0.39, 0.29) is 0 Å². The van der Waals surface area contributed by atoms with Gasteiger partial charge in [0.2, 0.25) is 0 Å². The maximum Gasteiger partial charge on any atom is 0.171 e. The fourth-order valence-electron chi connectivity index (χ4n) is 0.492. The van der Waals surface area contributed by atoms with Gasteiger partial charge in [-0.2, -0.15) is 0 Å². The Balaban J connectivity index is 2.73. The van der Waals surface area contributed by atoms with Crippen LogP contribution in [-0.2, 0) is 0 Å². The first kappa shape index (κ1) is 5.23. The first-order chi connectivity index (χ1) is 3.89. The quantitative estimate of drug-likeness (QED) is 0.458. The first-order valence-corrected chi connectivity index (χ1v) is 2.47. The van der Waals surface area contributed by atoms with E-state index < -0.39 is 0 Å². The van der Waals surface area contributed by atoms with Crippen molar-refractivity contribution in [2.24, 2.45) is 0 Å². The van der Waals surface area contributed by atoms with Crippen molar-refractivity contribution in [3.05, 3.63) is 35.9 Å². The Morgan fingerprint density at radius 3 is 3.12 bits per heavy atom. The van der Waals surface area contributed by atoms with Gasteiger partial charge in [-0.05, 0) is 12.2 Å². The molecule has 0 bridgehead atoms. The topological polar surface area (TPSA) is 20.2 Å². The van der Waals surface area contributed by atoms with Crippen LogP contribution in [0.15, 0.2) is 35.9 Å². The van der Waals surface area contributed by atoms with Crippen molar-refractivity contribution in [1.82, 2.24) is 0 Å². The monoisotopic (exact) mass is 105 g/mol. The third-order valence-corrected chi connectivity index (χ3v) is 0.867. The van der Waals surface area contributed by atoms with Crippen molar-refractivity contribution in [3.8, 4) is 0 Å². The van der Waals surface area contributed by atoms with Crippen LogP contribution in [0.25, 0.3) is 0 Å². The van der Waals surface area contributed by atoms with Crippen LogP contribution in [0, 0.1) is 0 Å². The lowest BCUT2D eigenvalue weighted by Gasteiger charge is -1.81. The Morgan fingerprint density at radius 2 is 2.25 bits per heavy atom. The summed E-state index contributed by atoms with van der Waals surface area (Å²) in [6.07, 6.45) is 5.06. The Kier molecular flexibility index (Phi) is 1.57. The molecule has 0 aromatic heterocycles. The van der Waals surface area contributed by atoms with E-state index >= 15 is 0 Å². The molecule has 0 aliphatic carbocycles. The van der Waals surface area contributed by atoms with E-state index in [0.29, 0.717) is 5.76 Å². The molecule has 39 valence electrons. The molecule has 1 rings (SSSR count). The Morgan fingerprint density at radius 1 is 1.38 bits per heavy atom. The summed E-state index contributed by atoms with van der Waals surface area (Å²) in [6, 6.07) is 0.